The van der Waals surface area contributed by atoms with Crippen LogP contribution in [-0.4, -0.2) is 35.5 Å². The molecule has 0 spiro atoms. The minimum Gasteiger partial charge on any atom is -0.370 e. The van der Waals surface area contributed by atoms with E-state index in [-0.39, 0.29) is 24.1 Å². The molecule has 0 fully saturated rings. The lowest BCUT2D eigenvalue weighted by Crippen LogP contribution is -2.30. The molecule has 0 atom stereocenters. The molecule has 9 heteroatoms. The summed E-state index contributed by atoms with van der Waals surface area (Å²) in [4.78, 5) is 18.2. The molecule has 0 aliphatic heterocycles. The molecule has 0 saturated carbocycles. The third-order valence-electron chi connectivity index (χ3n) is 2.34. The van der Waals surface area contributed by atoms with Crippen LogP contribution in [0.5, 0.6) is 0 Å². The Morgan fingerprint density at radius 3 is 2.33 bits per heavy atom. The Balaban J connectivity index is 2.80. The van der Waals surface area contributed by atoms with E-state index in [2.05, 4.69) is 25.9 Å². The molecule has 21 heavy (non-hydrogen) atoms. The summed E-state index contributed by atoms with van der Waals surface area (Å²) in [5.74, 6) is -1.57. The second-order valence-corrected chi connectivity index (χ2v) is 4.19. The van der Waals surface area contributed by atoms with Crippen LogP contribution in [0.4, 0.5) is 24.8 Å². The molecule has 6 nitrogen and oxygen atoms in total. The molecule has 1 heterocycles. The van der Waals surface area contributed by atoms with Crippen molar-refractivity contribution in [3.8, 4) is 0 Å². The van der Waals surface area contributed by atoms with Crippen molar-refractivity contribution in [2.45, 2.75) is 26.4 Å². The van der Waals surface area contributed by atoms with Gasteiger partial charge in [-0.05, 0) is 13.3 Å². The zero-order valence-electron chi connectivity index (χ0n) is 11.8. The maximum atomic E-state index is 12.7. The monoisotopic (exact) mass is 305 g/mol. The van der Waals surface area contributed by atoms with Gasteiger partial charge in [-0.1, -0.05) is 6.92 Å². The first-order valence-corrected chi connectivity index (χ1v) is 6.57. The van der Waals surface area contributed by atoms with Crippen LogP contribution in [0.25, 0.3) is 0 Å². The smallest absolute Gasteiger partial charge is 0.370 e. The minimum atomic E-state index is -4.65. The zero-order valence-corrected chi connectivity index (χ0v) is 11.8. The number of rotatable bonds is 7. The van der Waals surface area contributed by atoms with E-state index < -0.39 is 12.0 Å². The number of aromatic nitrogens is 2. The Labute approximate surface area is 120 Å². The molecular formula is C12H18F3N5O. The highest BCUT2D eigenvalue weighted by atomic mass is 19.4. The van der Waals surface area contributed by atoms with E-state index in [0.29, 0.717) is 13.1 Å². The van der Waals surface area contributed by atoms with E-state index in [1.54, 1.807) is 6.92 Å². The van der Waals surface area contributed by atoms with Gasteiger partial charge in [-0.3, -0.25) is 4.79 Å². The molecule has 118 valence electrons. The van der Waals surface area contributed by atoms with Crippen molar-refractivity contribution in [2.24, 2.45) is 0 Å². The topological polar surface area (TPSA) is 78.9 Å². The van der Waals surface area contributed by atoms with Gasteiger partial charge in [-0.25, -0.2) is 9.97 Å². The molecule has 0 aliphatic carbocycles. The fourth-order valence-corrected chi connectivity index (χ4v) is 1.43. The molecule has 1 aromatic heterocycles. The maximum Gasteiger partial charge on any atom is 0.451 e. The van der Waals surface area contributed by atoms with Crippen molar-refractivity contribution >= 4 is 17.5 Å². The zero-order chi connectivity index (χ0) is 15.9. The fraction of sp³-hybridized carbons (Fsp3) is 0.583. The Hall–Kier alpha value is -2.06. The van der Waals surface area contributed by atoms with Gasteiger partial charge in [-0.2, -0.15) is 13.2 Å². The van der Waals surface area contributed by atoms with Crippen molar-refractivity contribution in [2.75, 3.05) is 30.3 Å². The van der Waals surface area contributed by atoms with Crippen molar-refractivity contribution in [3.63, 3.8) is 0 Å². The lowest BCUT2D eigenvalue weighted by molar-refractivity contribution is -0.144. The number of alkyl halides is 3. The van der Waals surface area contributed by atoms with E-state index >= 15 is 0 Å². The molecule has 0 aliphatic rings. The maximum absolute atomic E-state index is 12.7. The summed E-state index contributed by atoms with van der Waals surface area (Å²) in [6, 6.07) is 1.33. The second kappa shape index (κ2) is 7.65. The van der Waals surface area contributed by atoms with Crippen molar-refractivity contribution in [3.05, 3.63) is 11.9 Å². The molecule has 3 N–H and O–H groups in total. The van der Waals surface area contributed by atoms with Gasteiger partial charge in [0.1, 0.15) is 11.6 Å². The van der Waals surface area contributed by atoms with Crippen molar-refractivity contribution in [1.29, 1.82) is 0 Å². The van der Waals surface area contributed by atoms with E-state index in [9.17, 15) is 18.0 Å². The average Bonchev–Trinajstić information content (AvgIpc) is 2.42. The number of nitrogens with one attached hydrogen (secondary N) is 3. The largest absolute Gasteiger partial charge is 0.451 e. The molecular weight excluding hydrogens is 287 g/mol. The van der Waals surface area contributed by atoms with Crippen LogP contribution in [0.1, 0.15) is 26.1 Å². The van der Waals surface area contributed by atoms with Crippen LogP contribution in [0.3, 0.4) is 0 Å². The highest BCUT2D eigenvalue weighted by Gasteiger charge is 2.35. The Morgan fingerprint density at radius 2 is 1.81 bits per heavy atom. The van der Waals surface area contributed by atoms with Crippen LogP contribution in [0, 0.1) is 0 Å². The molecule has 1 rings (SSSR count). The molecule has 1 amide bonds. The predicted molar refractivity (Wildman–Crippen MR) is 73.0 cm³/mol. The molecule has 0 saturated heterocycles. The van der Waals surface area contributed by atoms with Gasteiger partial charge in [0.2, 0.25) is 11.7 Å². The Kier molecular flexibility index (Phi) is 6.19. The summed E-state index contributed by atoms with van der Waals surface area (Å²) in [5.41, 5.74) is 0. The number of hydrogen-bond donors (Lipinski definition) is 3. The van der Waals surface area contributed by atoms with Crippen LogP contribution in [-0.2, 0) is 11.0 Å². The summed E-state index contributed by atoms with van der Waals surface area (Å²) >= 11 is 0. The van der Waals surface area contributed by atoms with Gasteiger partial charge < -0.3 is 16.0 Å². The highest BCUT2D eigenvalue weighted by Crippen LogP contribution is 2.28. The van der Waals surface area contributed by atoms with E-state index in [1.165, 1.54) is 6.07 Å². The van der Waals surface area contributed by atoms with Gasteiger partial charge >= 0.3 is 6.18 Å². The van der Waals surface area contributed by atoms with Gasteiger partial charge in [0.15, 0.2) is 0 Å². The van der Waals surface area contributed by atoms with Crippen molar-refractivity contribution < 1.29 is 18.0 Å². The first-order valence-electron chi connectivity index (χ1n) is 6.57. The third kappa shape index (κ3) is 5.84. The van der Waals surface area contributed by atoms with Crippen LogP contribution < -0.4 is 16.0 Å². The molecule has 1 aromatic rings. The number of nitrogens with zero attached hydrogens (tertiary/aromatic N) is 2. The fourth-order valence-electron chi connectivity index (χ4n) is 1.43. The van der Waals surface area contributed by atoms with Gasteiger partial charge in [0, 0.05) is 19.2 Å². The average molecular weight is 305 g/mol. The molecule has 0 aromatic carbocycles. The van der Waals surface area contributed by atoms with E-state index in [0.717, 1.165) is 6.42 Å². The second-order valence-electron chi connectivity index (χ2n) is 4.19. The Morgan fingerprint density at radius 1 is 1.19 bits per heavy atom. The first kappa shape index (κ1) is 17.0. The number of amides is 1. The first-order chi connectivity index (χ1) is 9.86. The summed E-state index contributed by atoms with van der Waals surface area (Å²) in [6.45, 7) is 4.42. The minimum absolute atomic E-state index is 0.0521. The summed E-state index contributed by atoms with van der Waals surface area (Å²) in [6.07, 6.45) is -3.87. The van der Waals surface area contributed by atoms with Gasteiger partial charge in [0.05, 0.1) is 6.54 Å². The quantitative estimate of drug-likeness (QED) is 0.716. The summed E-state index contributed by atoms with van der Waals surface area (Å²) < 4.78 is 38.1. The number of carbonyl (C=O) groups is 1. The number of hydrogen-bond acceptors (Lipinski definition) is 5. The van der Waals surface area contributed by atoms with Gasteiger partial charge in [0.25, 0.3) is 0 Å². The number of halogens is 3. The molecule has 0 unspecified atom stereocenters. The van der Waals surface area contributed by atoms with Gasteiger partial charge in [-0.15, -0.1) is 0 Å². The molecule has 0 radical (unpaired) electrons. The van der Waals surface area contributed by atoms with Crippen LogP contribution in [0.2, 0.25) is 0 Å². The van der Waals surface area contributed by atoms with Crippen LogP contribution in [0.15, 0.2) is 6.07 Å². The lowest BCUT2D eigenvalue weighted by atomic mass is 10.4. The highest BCUT2D eigenvalue weighted by molar-refractivity contribution is 5.80. The van der Waals surface area contributed by atoms with Crippen LogP contribution >= 0.6 is 0 Å². The number of anilines is 2. The normalized spacial score (nSPS) is 11.1. The summed E-state index contributed by atoms with van der Waals surface area (Å²) in [5, 5.41) is 7.86. The molecule has 0 bridgehead atoms. The SMILES string of the molecule is CCCNC(=O)CNc1cc(NCC)nc(C(F)(F)F)n1. The van der Waals surface area contributed by atoms with E-state index in [1.807, 2.05) is 6.92 Å². The predicted octanol–water partition coefficient (Wildman–Crippen LogP) is 1.87. The standard InChI is InChI=1S/C12H18F3N5O/c1-3-5-17-10(21)7-18-9-6-8(16-4-2)19-11(20-9)12(13,14)15/h6H,3-5,7H2,1-2H3,(H,17,21)(H2,16,18,19,20). The van der Waals surface area contributed by atoms with E-state index in [4.69, 9.17) is 0 Å². The third-order valence-corrected chi connectivity index (χ3v) is 2.34. The van der Waals surface area contributed by atoms with Crippen molar-refractivity contribution in [1.82, 2.24) is 15.3 Å². The number of carbonyl (C=O) groups excluding carboxylic acids is 1. The summed E-state index contributed by atoms with van der Waals surface area (Å²) in [7, 11) is 0. The lowest BCUT2D eigenvalue weighted by Gasteiger charge is -2.12. The Bertz CT molecular complexity index is 478.